The second kappa shape index (κ2) is 6.22. The van der Waals surface area contributed by atoms with E-state index in [1.165, 1.54) is 11.6 Å². The normalized spacial score (nSPS) is 10.2. The fourth-order valence-electron chi connectivity index (χ4n) is 0.534. The van der Waals surface area contributed by atoms with Gasteiger partial charge in [-0.15, -0.1) is 0 Å². The molecule has 0 amide bonds. The maximum atomic E-state index is 5.86. The van der Waals surface area contributed by atoms with Crippen molar-refractivity contribution in [1.82, 2.24) is 0 Å². The van der Waals surface area contributed by atoms with Crippen LogP contribution in [-0.2, 0) is 0 Å². The highest BCUT2D eigenvalue weighted by Crippen LogP contribution is 2.11. The molecule has 1 aromatic carbocycles. The van der Waals surface area contributed by atoms with E-state index in [4.69, 9.17) is 11.1 Å². The molecule has 0 aliphatic rings. The van der Waals surface area contributed by atoms with Crippen LogP contribution in [0.1, 0.15) is 12.5 Å². The summed E-state index contributed by atoms with van der Waals surface area (Å²) in [4.78, 5) is 0. The smallest absolute Gasteiger partial charge is 0.150 e. The predicted molar refractivity (Wildman–Crippen MR) is 65.0 cm³/mol. The maximum absolute atomic E-state index is 5.86. The molecule has 0 radical (unpaired) electrons. The molecule has 0 bridgehead atoms. The standard InChI is InChI=1S/C7H8.C4H11ClSi/c1-7-5-3-2-4-6-7;1-4-6(2,3)5/h2-6H,1H3;4H2,1-3H3. The van der Waals surface area contributed by atoms with Crippen molar-refractivity contribution in [2.75, 3.05) is 0 Å². The molecule has 0 saturated heterocycles. The summed E-state index contributed by atoms with van der Waals surface area (Å²) in [5.41, 5.74) is 1.32. The summed E-state index contributed by atoms with van der Waals surface area (Å²) < 4.78 is 0. The second-order valence-corrected chi connectivity index (χ2v) is 10.9. The van der Waals surface area contributed by atoms with E-state index in [0.717, 1.165) is 0 Å². The van der Waals surface area contributed by atoms with Crippen molar-refractivity contribution >= 4 is 18.5 Å². The third kappa shape index (κ3) is 9.64. The Balaban J connectivity index is 0.000000226. The first-order chi connectivity index (χ1) is 5.95. The highest BCUT2D eigenvalue weighted by atomic mass is 35.6. The Bertz CT molecular complexity index is 213. The zero-order chi connectivity index (χ0) is 10.3. The van der Waals surface area contributed by atoms with Gasteiger partial charge in [-0.1, -0.05) is 55.9 Å². The van der Waals surface area contributed by atoms with Gasteiger partial charge in [-0.05, 0) is 13.0 Å². The zero-order valence-electron chi connectivity index (χ0n) is 8.97. The lowest BCUT2D eigenvalue weighted by Crippen LogP contribution is -2.12. The molecule has 0 aliphatic carbocycles. The van der Waals surface area contributed by atoms with Crippen LogP contribution in [0.3, 0.4) is 0 Å². The van der Waals surface area contributed by atoms with Crippen molar-refractivity contribution in [3.05, 3.63) is 35.9 Å². The molecule has 0 N–H and O–H groups in total. The van der Waals surface area contributed by atoms with Crippen LogP contribution in [0.4, 0.5) is 0 Å². The first-order valence-electron chi connectivity index (χ1n) is 4.66. The van der Waals surface area contributed by atoms with Crippen molar-refractivity contribution in [2.24, 2.45) is 0 Å². The molecule has 0 saturated carbocycles. The highest BCUT2D eigenvalue weighted by molar-refractivity contribution is 7.19. The van der Waals surface area contributed by atoms with Gasteiger partial charge in [0.05, 0.1) is 0 Å². The molecule has 0 nitrogen and oxygen atoms in total. The number of aryl methyl sites for hydroxylation is 1. The molecule has 0 aliphatic heterocycles. The van der Waals surface area contributed by atoms with E-state index >= 15 is 0 Å². The van der Waals surface area contributed by atoms with Crippen LogP contribution in [0.15, 0.2) is 30.3 Å². The van der Waals surface area contributed by atoms with Gasteiger partial charge < -0.3 is 0 Å². The van der Waals surface area contributed by atoms with E-state index < -0.39 is 7.38 Å². The van der Waals surface area contributed by atoms with E-state index in [0.29, 0.717) is 0 Å². The van der Waals surface area contributed by atoms with Crippen LogP contribution in [0, 0.1) is 6.92 Å². The summed E-state index contributed by atoms with van der Waals surface area (Å²) in [5, 5.41) is 0. The van der Waals surface area contributed by atoms with Crippen molar-refractivity contribution < 1.29 is 0 Å². The third-order valence-corrected chi connectivity index (χ3v) is 4.26. The molecule has 0 aromatic heterocycles. The summed E-state index contributed by atoms with van der Waals surface area (Å²) in [5.74, 6) is 0. The van der Waals surface area contributed by atoms with Crippen molar-refractivity contribution in [2.45, 2.75) is 33.0 Å². The second-order valence-electron chi connectivity index (χ2n) is 3.73. The zero-order valence-corrected chi connectivity index (χ0v) is 10.7. The molecule has 0 atom stereocenters. The first kappa shape index (κ1) is 12.7. The minimum absolute atomic E-state index is 1.16. The van der Waals surface area contributed by atoms with E-state index in [-0.39, 0.29) is 0 Å². The number of rotatable bonds is 1. The maximum Gasteiger partial charge on any atom is 0.150 e. The minimum Gasteiger partial charge on any atom is -0.168 e. The van der Waals surface area contributed by atoms with Gasteiger partial charge >= 0.3 is 0 Å². The van der Waals surface area contributed by atoms with E-state index in [9.17, 15) is 0 Å². The third-order valence-electron chi connectivity index (χ3n) is 1.78. The molecule has 0 heterocycles. The lowest BCUT2D eigenvalue weighted by atomic mass is 10.2. The average molecular weight is 215 g/mol. The molecule has 0 spiro atoms. The Morgan fingerprint density at radius 3 is 1.69 bits per heavy atom. The van der Waals surface area contributed by atoms with Crippen molar-refractivity contribution in [1.29, 1.82) is 0 Å². The first-order valence-corrected chi connectivity index (χ1v) is 8.88. The van der Waals surface area contributed by atoms with Crippen LogP contribution >= 0.6 is 11.1 Å². The minimum atomic E-state index is -1.16. The van der Waals surface area contributed by atoms with E-state index in [2.05, 4.69) is 39.1 Å². The fraction of sp³-hybridized carbons (Fsp3) is 0.455. The van der Waals surface area contributed by atoms with Crippen LogP contribution in [-0.4, -0.2) is 7.38 Å². The van der Waals surface area contributed by atoms with Crippen LogP contribution in [0.5, 0.6) is 0 Å². The summed E-state index contributed by atoms with van der Waals surface area (Å²) >= 11 is 5.86. The molecule has 2 heteroatoms. The molecule has 74 valence electrons. The van der Waals surface area contributed by atoms with Gasteiger partial charge in [0.2, 0.25) is 0 Å². The topological polar surface area (TPSA) is 0 Å². The summed E-state index contributed by atoms with van der Waals surface area (Å²) in [6.45, 7) is 8.52. The van der Waals surface area contributed by atoms with Crippen molar-refractivity contribution in [3.63, 3.8) is 0 Å². The lowest BCUT2D eigenvalue weighted by molar-refractivity contribution is 1.40. The fourth-order valence-corrected chi connectivity index (χ4v) is 0.534. The largest absolute Gasteiger partial charge is 0.168 e. The Hall–Kier alpha value is -0.273. The molecular formula is C11H19ClSi. The SMILES string of the molecule is CC[Si](C)(C)Cl.Cc1ccccc1. The molecule has 1 aromatic rings. The van der Waals surface area contributed by atoms with Gasteiger partial charge in [-0.3, -0.25) is 0 Å². The molecule has 1 rings (SSSR count). The molecule has 0 unspecified atom stereocenters. The summed E-state index contributed by atoms with van der Waals surface area (Å²) in [6, 6.07) is 11.4. The summed E-state index contributed by atoms with van der Waals surface area (Å²) in [6.07, 6.45) is 0. The van der Waals surface area contributed by atoms with E-state index in [1.807, 2.05) is 18.2 Å². The number of halogens is 1. The lowest BCUT2D eigenvalue weighted by Gasteiger charge is -2.05. The number of hydrogen-bond acceptors (Lipinski definition) is 0. The Morgan fingerprint density at radius 2 is 1.54 bits per heavy atom. The average Bonchev–Trinajstić information content (AvgIpc) is 2.06. The number of benzene rings is 1. The molecular weight excluding hydrogens is 196 g/mol. The van der Waals surface area contributed by atoms with Gasteiger partial charge in [-0.25, -0.2) is 0 Å². The monoisotopic (exact) mass is 214 g/mol. The van der Waals surface area contributed by atoms with Crippen LogP contribution in [0.2, 0.25) is 19.1 Å². The van der Waals surface area contributed by atoms with Gasteiger partial charge in [0, 0.05) is 0 Å². The Kier molecular flexibility index (Phi) is 6.09. The van der Waals surface area contributed by atoms with E-state index in [1.54, 1.807) is 0 Å². The van der Waals surface area contributed by atoms with Gasteiger partial charge in [0.15, 0.2) is 0 Å². The van der Waals surface area contributed by atoms with Crippen LogP contribution in [0.25, 0.3) is 0 Å². The van der Waals surface area contributed by atoms with Crippen molar-refractivity contribution in [3.8, 4) is 0 Å². The van der Waals surface area contributed by atoms with Gasteiger partial charge in [0.25, 0.3) is 0 Å². The summed E-state index contributed by atoms with van der Waals surface area (Å²) in [7, 11) is -1.16. The van der Waals surface area contributed by atoms with Gasteiger partial charge in [-0.2, -0.15) is 11.1 Å². The predicted octanol–water partition coefficient (Wildman–Crippen LogP) is 4.45. The Labute approximate surface area is 87.7 Å². The molecule has 13 heavy (non-hydrogen) atoms. The quantitative estimate of drug-likeness (QED) is 0.479. The van der Waals surface area contributed by atoms with Crippen LogP contribution < -0.4 is 0 Å². The number of hydrogen-bond donors (Lipinski definition) is 0. The van der Waals surface area contributed by atoms with Gasteiger partial charge in [0.1, 0.15) is 7.38 Å². The molecule has 0 fully saturated rings. The Morgan fingerprint density at radius 1 is 1.15 bits per heavy atom. The highest BCUT2D eigenvalue weighted by Gasteiger charge is 2.11.